The first-order valence-corrected chi connectivity index (χ1v) is 4.21. The third kappa shape index (κ3) is 1.87. The van der Waals surface area contributed by atoms with E-state index in [2.05, 4.69) is 51.8 Å². The summed E-state index contributed by atoms with van der Waals surface area (Å²) in [6, 6.07) is 8.41. The number of nitrogens with zero attached hydrogens (tertiary/aromatic N) is 1. The molecule has 0 aliphatic rings. The van der Waals surface area contributed by atoms with Gasteiger partial charge in [0.1, 0.15) is 0 Å². The molecule has 0 fully saturated rings. The van der Waals surface area contributed by atoms with Crippen LogP contribution in [0.15, 0.2) is 24.3 Å². The molecular formula is C8H10IN. The first-order valence-electron chi connectivity index (χ1n) is 3.13. The zero-order chi connectivity index (χ0) is 7.56. The second-order valence-corrected chi connectivity index (χ2v) is 3.62. The Bertz CT molecular complexity index is 220. The Balaban J connectivity index is 2.96. The first kappa shape index (κ1) is 7.85. The minimum atomic E-state index is 1.26. The van der Waals surface area contributed by atoms with Gasteiger partial charge in [0.25, 0.3) is 0 Å². The van der Waals surface area contributed by atoms with Crippen LogP contribution in [0.5, 0.6) is 0 Å². The quantitative estimate of drug-likeness (QED) is 0.688. The van der Waals surface area contributed by atoms with Crippen LogP contribution in [0.2, 0.25) is 0 Å². The highest BCUT2D eigenvalue weighted by Gasteiger charge is 1.92. The van der Waals surface area contributed by atoms with Crippen LogP contribution < -0.4 is 4.90 Å². The van der Waals surface area contributed by atoms with Crippen molar-refractivity contribution in [3.63, 3.8) is 0 Å². The molecule has 0 heterocycles. The third-order valence-corrected chi connectivity index (χ3v) is 2.00. The normalized spacial score (nSPS) is 9.50. The summed E-state index contributed by atoms with van der Waals surface area (Å²) in [5, 5.41) is 0. The number of hydrogen-bond acceptors (Lipinski definition) is 1. The Labute approximate surface area is 75.2 Å². The molecule has 1 aromatic rings. The van der Waals surface area contributed by atoms with Crippen molar-refractivity contribution in [2.24, 2.45) is 0 Å². The van der Waals surface area contributed by atoms with Gasteiger partial charge in [0.2, 0.25) is 0 Å². The monoisotopic (exact) mass is 247 g/mol. The molecule has 1 nitrogen and oxygen atoms in total. The Kier molecular flexibility index (Phi) is 2.54. The lowest BCUT2D eigenvalue weighted by Gasteiger charge is -2.11. The lowest BCUT2D eigenvalue weighted by Crippen LogP contribution is -2.08. The van der Waals surface area contributed by atoms with Gasteiger partial charge in [-0.1, -0.05) is 6.07 Å². The molecule has 0 bridgehead atoms. The Morgan fingerprint density at radius 3 is 2.40 bits per heavy atom. The maximum atomic E-state index is 2.31. The number of hydrogen-bond donors (Lipinski definition) is 0. The van der Waals surface area contributed by atoms with Crippen LogP contribution in [0, 0.1) is 3.57 Å². The average molecular weight is 247 g/mol. The standard InChI is InChI=1S/C8H10IN/c1-10(2)8-5-3-4-7(9)6-8/h3-6H,1-2H3. The van der Waals surface area contributed by atoms with E-state index in [4.69, 9.17) is 0 Å². The van der Waals surface area contributed by atoms with Crippen LogP contribution >= 0.6 is 22.6 Å². The second kappa shape index (κ2) is 3.23. The Morgan fingerprint density at radius 1 is 1.30 bits per heavy atom. The molecule has 0 N–H and O–H groups in total. The molecule has 54 valence electrons. The minimum Gasteiger partial charge on any atom is -0.378 e. The van der Waals surface area contributed by atoms with Crippen LogP contribution in [0.1, 0.15) is 0 Å². The molecule has 0 aliphatic carbocycles. The van der Waals surface area contributed by atoms with E-state index in [1.165, 1.54) is 9.26 Å². The van der Waals surface area contributed by atoms with Gasteiger partial charge >= 0.3 is 0 Å². The highest BCUT2D eigenvalue weighted by molar-refractivity contribution is 14.1. The molecule has 0 aromatic heterocycles. The van der Waals surface area contributed by atoms with Crippen molar-refractivity contribution in [2.45, 2.75) is 0 Å². The van der Waals surface area contributed by atoms with Crippen molar-refractivity contribution < 1.29 is 0 Å². The second-order valence-electron chi connectivity index (χ2n) is 2.37. The van der Waals surface area contributed by atoms with Crippen molar-refractivity contribution in [3.05, 3.63) is 27.8 Å². The number of benzene rings is 1. The molecular weight excluding hydrogens is 237 g/mol. The fraction of sp³-hybridized carbons (Fsp3) is 0.250. The summed E-state index contributed by atoms with van der Waals surface area (Å²) >= 11 is 2.31. The Morgan fingerprint density at radius 2 is 2.00 bits per heavy atom. The molecule has 0 radical (unpaired) electrons. The van der Waals surface area contributed by atoms with E-state index < -0.39 is 0 Å². The van der Waals surface area contributed by atoms with Gasteiger partial charge in [0.05, 0.1) is 0 Å². The summed E-state index contributed by atoms with van der Waals surface area (Å²) in [4.78, 5) is 2.10. The summed E-state index contributed by atoms with van der Waals surface area (Å²) in [5.41, 5.74) is 1.26. The van der Waals surface area contributed by atoms with Gasteiger partial charge in [-0.15, -0.1) is 0 Å². The van der Waals surface area contributed by atoms with Crippen molar-refractivity contribution in [3.8, 4) is 0 Å². The van der Waals surface area contributed by atoms with Gasteiger partial charge in [-0.25, -0.2) is 0 Å². The van der Waals surface area contributed by atoms with Gasteiger partial charge in [-0.2, -0.15) is 0 Å². The molecule has 0 atom stereocenters. The smallest absolute Gasteiger partial charge is 0.0371 e. The van der Waals surface area contributed by atoms with E-state index in [0.29, 0.717) is 0 Å². The molecule has 0 unspecified atom stereocenters. The molecule has 0 amide bonds. The predicted molar refractivity (Wildman–Crippen MR) is 53.5 cm³/mol. The van der Waals surface area contributed by atoms with Crippen molar-refractivity contribution >= 4 is 28.3 Å². The lowest BCUT2D eigenvalue weighted by atomic mass is 10.3. The van der Waals surface area contributed by atoms with Crippen molar-refractivity contribution in [2.75, 3.05) is 19.0 Å². The topological polar surface area (TPSA) is 3.24 Å². The van der Waals surface area contributed by atoms with E-state index >= 15 is 0 Å². The maximum Gasteiger partial charge on any atom is 0.0371 e. The number of halogens is 1. The zero-order valence-electron chi connectivity index (χ0n) is 6.13. The summed E-state index contributed by atoms with van der Waals surface area (Å²) in [7, 11) is 4.09. The van der Waals surface area contributed by atoms with E-state index in [9.17, 15) is 0 Å². The van der Waals surface area contributed by atoms with Gasteiger partial charge in [-0.3, -0.25) is 0 Å². The molecule has 1 aromatic carbocycles. The fourth-order valence-corrected chi connectivity index (χ4v) is 1.28. The molecule has 2 heteroatoms. The van der Waals surface area contributed by atoms with E-state index in [1.807, 2.05) is 14.1 Å². The predicted octanol–water partition coefficient (Wildman–Crippen LogP) is 2.36. The summed E-state index contributed by atoms with van der Waals surface area (Å²) in [6.07, 6.45) is 0. The van der Waals surface area contributed by atoms with Crippen LogP contribution in [-0.4, -0.2) is 14.1 Å². The number of rotatable bonds is 1. The van der Waals surface area contributed by atoms with E-state index in [-0.39, 0.29) is 0 Å². The van der Waals surface area contributed by atoms with Crippen LogP contribution in [0.3, 0.4) is 0 Å². The highest BCUT2D eigenvalue weighted by Crippen LogP contribution is 2.14. The summed E-state index contributed by atoms with van der Waals surface area (Å²) in [5.74, 6) is 0. The fourth-order valence-electron chi connectivity index (χ4n) is 0.754. The van der Waals surface area contributed by atoms with Gasteiger partial charge < -0.3 is 4.90 Å². The number of anilines is 1. The largest absolute Gasteiger partial charge is 0.378 e. The molecule has 10 heavy (non-hydrogen) atoms. The van der Waals surface area contributed by atoms with E-state index in [1.54, 1.807) is 0 Å². The Hall–Kier alpha value is -0.250. The SMILES string of the molecule is CN(C)c1cccc(I)c1. The molecule has 0 aliphatic heterocycles. The molecule has 0 saturated heterocycles. The molecule has 1 rings (SSSR count). The average Bonchev–Trinajstić information content (AvgIpc) is 1.88. The molecule has 0 spiro atoms. The van der Waals surface area contributed by atoms with Crippen molar-refractivity contribution in [1.29, 1.82) is 0 Å². The third-order valence-electron chi connectivity index (χ3n) is 1.32. The highest BCUT2D eigenvalue weighted by atomic mass is 127. The van der Waals surface area contributed by atoms with E-state index in [0.717, 1.165) is 0 Å². The van der Waals surface area contributed by atoms with Crippen molar-refractivity contribution in [1.82, 2.24) is 0 Å². The van der Waals surface area contributed by atoms with Crippen LogP contribution in [-0.2, 0) is 0 Å². The van der Waals surface area contributed by atoms with Gasteiger partial charge in [0.15, 0.2) is 0 Å². The van der Waals surface area contributed by atoms with Crippen LogP contribution in [0.25, 0.3) is 0 Å². The minimum absolute atomic E-state index is 1.26. The summed E-state index contributed by atoms with van der Waals surface area (Å²) in [6.45, 7) is 0. The van der Waals surface area contributed by atoms with Crippen LogP contribution in [0.4, 0.5) is 5.69 Å². The van der Waals surface area contributed by atoms with Gasteiger partial charge in [-0.05, 0) is 40.8 Å². The summed E-state index contributed by atoms with van der Waals surface area (Å²) < 4.78 is 1.28. The molecule has 0 saturated carbocycles. The zero-order valence-corrected chi connectivity index (χ0v) is 8.29. The van der Waals surface area contributed by atoms with Gasteiger partial charge in [0, 0.05) is 23.4 Å². The maximum absolute atomic E-state index is 2.31. The lowest BCUT2D eigenvalue weighted by molar-refractivity contribution is 1.13. The first-order chi connectivity index (χ1) is 4.70.